The number of ether oxygens (including phenoxy) is 1. The highest BCUT2D eigenvalue weighted by atomic mass is 32.2. The number of piperidine rings is 1. The van der Waals surface area contributed by atoms with Crippen LogP contribution in [0.25, 0.3) is 0 Å². The van der Waals surface area contributed by atoms with Crippen molar-refractivity contribution >= 4 is 27.6 Å². The molecule has 1 aliphatic rings. The van der Waals surface area contributed by atoms with Crippen LogP contribution in [0.3, 0.4) is 0 Å². The topological polar surface area (TPSA) is 92.8 Å². The molecule has 2 aromatic carbocycles. The number of rotatable bonds is 9. The Balaban J connectivity index is 1.56. The minimum Gasteiger partial charge on any atom is -0.462 e. The summed E-state index contributed by atoms with van der Waals surface area (Å²) in [5.41, 5.74) is 1.96. The van der Waals surface area contributed by atoms with Gasteiger partial charge in [0.05, 0.1) is 23.8 Å². The highest BCUT2D eigenvalue weighted by Gasteiger charge is 2.32. The minimum atomic E-state index is -3.42. The molecule has 0 aromatic heterocycles. The van der Waals surface area contributed by atoms with Crippen LogP contribution in [0.4, 0.5) is 5.69 Å². The number of amides is 1. The molecule has 0 radical (unpaired) electrons. The van der Waals surface area contributed by atoms with Gasteiger partial charge in [-0.1, -0.05) is 36.4 Å². The quantitative estimate of drug-likeness (QED) is 0.581. The first-order chi connectivity index (χ1) is 15.4. The molecule has 0 unspecified atom stereocenters. The van der Waals surface area contributed by atoms with Gasteiger partial charge in [0.2, 0.25) is 15.9 Å². The van der Waals surface area contributed by atoms with Gasteiger partial charge in [-0.05, 0) is 56.4 Å². The van der Waals surface area contributed by atoms with E-state index in [1.165, 1.54) is 4.31 Å². The number of anilines is 1. The maximum atomic E-state index is 12.8. The lowest BCUT2D eigenvalue weighted by Gasteiger charge is -2.31. The predicted molar refractivity (Wildman–Crippen MR) is 124 cm³/mol. The number of nitrogens with one attached hydrogen (secondary N) is 1. The number of esters is 1. The Kier molecular flexibility index (Phi) is 8.41. The molecule has 7 nitrogen and oxygen atoms in total. The summed E-state index contributed by atoms with van der Waals surface area (Å²) in [5.74, 6) is -1.05. The zero-order valence-corrected chi connectivity index (χ0v) is 19.1. The number of aryl methyl sites for hydroxylation is 1. The van der Waals surface area contributed by atoms with Gasteiger partial charge in [-0.25, -0.2) is 17.5 Å². The van der Waals surface area contributed by atoms with Gasteiger partial charge in [-0.15, -0.1) is 0 Å². The van der Waals surface area contributed by atoms with E-state index < -0.39 is 21.9 Å². The molecule has 0 saturated carbocycles. The zero-order valence-electron chi connectivity index (χ0n) is 18.3. The maximum absolute atomic E-state index is 12.8. The van der Waals surface area contributed by atoms with Crippen molar-refractivity contribution in [1.82, 2.24) is 4.31 Å². The highest BCUT2D eigenvalue weighted by molar-refractivity contribution is 7.89. The zero-order chi connectivity index (χ0) is 23.0. The van der Waals surface area contributed by atoms with Crippen LogP contribution in [0.5, 0.6) is 0 Å². The molecule has 1 aliphatic heterocycles. The SMILES string of the molecule is CCOC(=O)c1cccc(NC(=O)[C@H]2CCCN(S(=O)(=O)CCCc3ccccc3)C2)c1. The lowest BCUT2D eigenvalue weighted by Crippen LogP contribution is -2.44. The largest absolute Gasteiger partial charge is 0.462 e. The molecule has 3 rings (SSSR count). The second-order valence-corrected chi connectivity index (χ2v) is 9.98. The fourth-order valence-corrected chi connectivity index (χ4v) is 5.41. The second kappa shape index (κ2) is 11.2. The third-order valence-electron chi connectivity index (χ3n) is 5.50. The van der Waals surface area contributed by atoms with Gasteiger partial charge < -0.3 is 10.1 Å². The van der Waals surface area contributed by atoms with Crippen molar-refractivity contribution in [3.8, 4) is 0 Å². The molecule has 1 heterocycles. The van der Waals surface area contributed by atoms with Gasteiger partial charge in [0.25, 0.3) is 0 Å². The van der Waals surface area contributed by atoms with E-state index in [-0.39, 0.29) is 24.8 Å². The monoisotopic (exact) mass is 458 g/mol. The molecule has 0 bridgehead atoms. The normalized spacial score (nSPS) is 17.0. The summed E-state index contributed by atoms with van der Waals surface area (Å²) in [7, 11) is -3.42. The number of hydrogen-bond acceptors (Lipinski definition) is 5. The summed E-state index contributed by atoms with van der Waals surface area (Å²) in [4.78, 5) is 24.7. The molecule has 1 fully saturated rings. The molecule has 2 aromatic rings. The molecule has 1 atom stereocenters. The summed E-state index contributed by atoms with van der Waals surface area (Å²) in [6.45, 7) is 2.62. The van der Waals surface area contributed by atoms with Crippen LogP contribution in [0.2, 0.25) is 0 Å². The maximum Gasteiger partial charge on any atom is 0.338 e. The van der Waals surface area contributed by atoms with Crippen molar-refractivity contribution in [2.24, 2.45) is 5.92 Å². The highest BCUT2D eigenvalue weighted by Crippen LogP contribution is 2.22. The molecule has 32 heavy (non-hydrogen) atoms. The van der Waals surface area contributed by atoms with Crippen molar-refractivity contribution in [3.05, 3.63) is 65.7 Å². The lowest BCUT2D eigenvalue weighted by atomic mass is 9.98. The van der Waals surface area contributed by atoms with E-state index in [4.69, 9.17) is 4.74 Å². The molecule has 0 aliphatic carbocycles. The molecule has 1 amide bonds. The third-order valence-corrected chi connectivity index (χ3v) is 7.42. The van der Waals surface area contributed by atoms with Crippen LogP contribution < -0.4 is 5.32 Å². The van der Waals surface area contributed by atoms with Crippen LogP contribution in [0.1, 0.15) is 42.1 Å². The fourth-order valence-electron chi connectivity index (χ4n) is 3.82. The Morgan fingerprint density at radius 3 is 2.66 bits per heavy atom. The predicted octanol–water partition coefficient (Wildman–Crippen LogP) is 3.48. The number of benzene rings is 2. The van der Waals surface area contributed by atoms with Crippen LogP contribution in [-0.4, -0.2) is 50.0 Å². The van der Waals surface area contributed by atoms with Gasteiger partial charge in [0, 0.05) is 18.8 Å². The molecular formula is C24H30N2O5S. The van der Waals surface area contributed by atoms with E-state index in [1.54, 1.807) is 31.2 Å². The average molecular weight is 459 g/mol. The Morgan fingerprint density at radius 1 is 1.12 bits per heavy atom. The molecular weight excluding hydrogens is 428 g/mol. The van der Waals surface area contributed by atoms with E-state index in [2.05, 4.69) is 5.32 Å². The van der Waals surface area contributed by atoms with E-state index in [0.717, 1.165) is 5.56 Å². The molecule has 0 spiro atoms. The molecule has 1 N–H and O–H groups in total. The van der Waals surface area contributed by atoms with Crippen molar-refractivity contribution in [1.29, 1.82) is 0 Å². The number of carbonyl (C=O) groups excluding carboxylic acids is 2. The van der Waals surface area contributed by atoms with E-state index >= 15 is 0 Å². The Morgan fingerprint density at radius 2 is 1.91 bits per heavy atom. The van der Waals surface area contributed by atoms with Gasteiger partial charge in [0.1, 0.15) is 0 Å². The van der Waals surface area contributed by atoms with Gasteiger partial charge >= 0.3 is 5.97 Å². The summed E-state index contributed by atoms with van der Waals surface area (Å²) in [6.07, 6.45) is 2.51. The van der Waals surface area contributed by atoms with Gasteiger partial charge in [-0.2, -0.15) is 0 Å². The van der Waals surface area contributed by atoms with Crippen molar-refractivity contribution in [3.63, 3.8) is 0 Å². The summed E-state index contributed by atoms with van der Waals surface area (Å²) in [6, 6.07) is 16.4. The second-order valence-electron chi connectivity index (χ2n) is 7.89. The van der Waals surface area contributed by atoms with Crippen LogP contribution in [0, 0.1) is 5.92 Å². The summed E-state index contributed by atoms with van der Waals surface area (Å²) >= 11 is 0. The van der Waals surface area contributed by atoms with E-state index in [0.29, 0.717) is 43.5 Å². The van der Waals surface area contributed by atoms with Crippen LogP contribution in [-0.2, 0) is 26.0 Å². The molecule has 172 valence electrons. The number of sulfonamides is 1. The van der Waals surface area contributed by atoms with Crippen molar-refractivity contribution in [2.45, 2.75) is 32.6 Å². The van der Waals surface area contributed by atoms with Crippen molar-refractivity contribution < 1.29 is 22.7 Å². The lowest BCUT2D eigenvalue weighted by molar-refractivity contribution is -0.120. The minimum absolute atomic E-state index is 0.0673. The fraction of sp³-hybridized carbons (Fsp3) is 0.417. The molecule has 1 saturated heterocycles. The Labute approximate surface area is 189 Å². The standard InChI is InChI=1S/C24H30N2O5S/c1-2-31-24(28)20-12-6-14-22(17-20)25-23(27)21-13-7-15-26(18-21)32(29,30)16-8-11-19-9-4-3-5-10-19/h3-6,9-10,12,14,17,21H,2,7-8,11,13,15-16,18H2,1H3,(H,25,27)/t21-/m0/s1. The third kappa shape index (κ3) is 6.64. The Hall–Kier alpha value is -2.71. The number of nitrogens with zero attached hydrogens (tertiary/aromatic N) is 1. The van der Waals surface area contributed by atoms with Gasteiger partial charge in [-0.3, -0.25) is 4.79 Å². The van der Waals surface area contributed by atoms with Crippen LogP contribution >= 0.6 is 0 Å². The Bertz CT molecular complexity index is 1020. The summed E-state index contributed by atoms with van der Waals surface area (Å²) in [5, 5.41) is 2.82. The molecule has 8 heteroatoms. The first kappa shape index (κ1) is 23.9. The van der Waals surface area contributed by atoms with E-state index in [1.807, 2.05) is 30.3 Å². The van der Waals surface area contributed by atoms with E-state index in [9.17, 15) is 18.0 Å². The summed E-state index contributed by atoms with van der Waals surface area (Å²) < 4.78 is 32.1. The van der Waals surface area contributed by atoms with Crippen LogP contribution in [0.15, 0.2) is 54.6 Å². The van der Waals surface area contributed by atoms with Crippen molar-refractivity contribution in [2.75, 3.05) is 30.8 Å². The van der Waals surface area contributed by atoms with Gasteiger partial charge in [0.15, 0.2) is 0 Å². The average Bonchev–Trinajstić information content (AvgIpc) is 2.80. The first-order valence-corrected chi connectivity index (χ1v) is 12.6. The smallest absolute Gasteiger partial charge is 0.338 e. The number of hydrogen-bond donors (Lipinski definition) is 1. The first-order valence-electron chi connectivity index (χ1n) is 11.0. The number of carbonyl (C=O) groups is 2.